The molecule has 5 heteroatoms. The van der Waals surface area contributed by atoms with Crippen molar-refractivity contribution < 1.29 is 9.59 Å². The average Bonchev–Trinajstić information content (AvgIpc) is 2.12. The Morgan fingerprint density at radius 2 is 1.61 bits per heavy atom. The Bertz CT molecular complexity index is 321. The monoisotopic (exact) mass is 255 g/mol. The van der Waals surface area contributed by atoms with E-state index in [9.17, 15) is 9.59 Å². The number of hydrogen-bond acceptors (Lipinski definition) is 3. The fourth-order valence-corrected chi connectivity index (χ4v) is 2.92. The van der Waals surface area contributed by atoms with Crippen LogP contribution in [0.4, 0.5) is 0 Å². The van der Waals surface area contributed by atoms with Crippen LogP contribution in [0, 0.1) is 0 Å². The molecule has 1 fully saturated rings. The number of carbonyl (C=O) groups excluding carboxylic acids is 2. The molecule has 0 aromatic heterocycles. The summed E-state index contributed by atoms with van der Waals surface area (Å²) < 4.78 is 0. The molecular formula is C13H25N3O2. The van der Waals surface area contributed by atoms with Crippen molar-refractivity contribution >= 4 is 11.8 Å². The molecular weight excluding hydrogens is 230 g/mol. The standard InChI is InChI=1S/C13H25N3O2/c1-6-14-10(17)11(18)15-9-7-12(2,3)16-13(4,5)8-9/h9,16H,6-8H2,1-5H3,(H,14,17)(H,15,18). The quantitative estimate of drug-likeness (QED) is 0.631. The molecule has 0 bridgehead atoms. The molecule has 5 nitrogen and oxygen atoms in total. The van der Waals surface area contributed by atoms with Gasteiger partial charge in [0.25, 0.3) is 0 Å². The Hall–Kier alpha value is -1.10. The first-order valence-corrected chi connectivity index (χ1v) is 6.53. The highest BCUT2D eigenvalue weighted by atomic mass is 16.2. The smallest absolute Gasteiger partial charge is 0.309 e. The van der Waals surface area contributed by atoms with E-state index >= 15 is 0 Å². The average molecular weight is 255 g/mol. The highest BCUT2D eigenvalue weighted by Crippen LogP contribution is 2.28. The maximum atomic E-state index is 11.7. The van der Waals surface area contributed by atoms with Crippen LogP contribution >= 0.6 is 0 Å². The largest absolute Gasteiger partial charge is 0.348 e. The van der Waals surface area contributed by atoms with E-state index in [1.54, 1.807) is 6.92 Å². The minimum atomic E-state index is -0.549. The summed E-state index contributed by atoms with van der Waals surface area (Å²) in [5.74, 6) is -1.08. The third kappa shape index (κ3) is 4.29. The van der Waals surface area contributed by atoms with E-state index in [2.05, 4.69) is 43.6 Å². The molecule has 104 valence electrons. The molecule has 1 heterocycles. The van der Waals surface area contributed by atoms with Crippen LogP contribution in [0.25, 0.3) is 0 Å². The van der Waals surface area contributed by atoms with E-state index in [1.165, 1.54) is 0 Å². The van der Waals surface area contributed by atoms with Gasteiger partial charge in [0.2, 0.25) is 0 Å². The summed E-state index contributed by atoms with van der Waals surface area (Å²) >= 11 is 0. The Labute approximate surface area is 109 Å². The van der Waals surface area contributed by atoms with E-state index in [0.717, 1.165) is 12.8 Å². The third-order valence-corrected chi connectivity index (χ3v) is 3.07. The Balaban J connectivity index is 2.62. The summed E-state index contributed by atoms with van der Waals surface area (Å²) in [7, 11) is 0. The Morgan fingerprint density at radius 1 is 1.11 bits per heavy atom. The summed E-state index contributed by atoms with van der Waals surface area (Å²) in [6.07, 6.45) is 1.64. The number of hydrogen-bond donors (Lipinski definition) is 3. The summed E-state index contributed by atoms with van der Waals surface area (Å²) in [4.78, 5) is 23.1. The van der Waals surface area contributed by atoms with Crippen molar-refractivity contribution in [3.63, 3.8) is 0 Å². The molecule has 3 N–H and O–H groups in total. The second kappa shape index (κ2) is 5.26. The molecule has 0 unspecified atom stereocenters. The van der Waals surface area contributed by atoms with Gasteiger partial charge in [0.1, 0.15) is 0 Å². The molecule has 0 aliphatic carbocycles. The fourth-order valence-electron chi connectivity index (χ4n) is 2.92. The van der Waals surface area contributed by atoms with Gasteiger partial charge < -0.3 is 16.0 Å². The van der Waals surface area contributed by atoms with Crippen molar-refractivity contribution in [2.24, 2.45) is 0 Å². The number of nitrogens with one attached hydrogen (secondary N) is 3. The molecule has 0 aromatic carbocycles. The molecule has 18 heavy (non-hydrogen) atoms. The number of amides is 2. The molecule has 0 saturated carbocycles. The summed E-state index contributed by atoms with van der Waals surface area (Å²) in [5, 5.41) is 8.87. The molecule has 1 saturated heterocycles. The van der Waals surface area contributed by atoms with Crippen LogP contribution in [-0.2, 0) is 9.59 Å². The van der Waals surface area contributed by atoms with Crippen LogP contribution in [0.2, 0.25) is 0 Å². The Morgan fingerprint density at radius 3 is 2.06 bits per heavy atom. The van der Waals surface area contributed by atoms with Gasteiger partial charge in [0.05, 0.1) is 0 Å². The summed E-state index contributed by atoms with van der Waals surface area (Å²) in [6, 6.07) is 0.0337. The lowest BCUT2D eigenvalue weighted by molar-refractivity contribution is -0.139. The van der Waals surface area contributed by atoms with Gasteiger partial charge in [-0.05, 0) is 47.5 Å². The van der Waals surface area contributed by atoms with E-state index in [1.807, 2.05) is 0 Å². The zero-order chi connectivity index (χ0) is 14.0. The minimum absolute atomic E-state index is 0.0337. The van der Waals surface area contributed by atoms with Crippen LogP contribution in [0.15, 0.2) is 0 Å². The molecule has 1 aliphatic rings. The molecule has 0 aromatic rings. The maximum Gasteiger partial charge on any atom is 0.309 e. The normalized spacial score (nSPS) is 22.3. The lowest BCUT2D eigenvalue weighted by Gasteiger charge is -2.46. The fraction of sp³-hybridized carbons (Fsp3) is 0.846. The zero-order valence-electron chi connectivity index (χ0n) is 12.0. The van der Waals surface area contributed by atoms with Crippen LogP contribution in [-0.4, -0.2) is 35.5 Å². The van der Waals surface area contributed by atoms with E-state index < -0.39 is 11.8 Å². The lowest BCUT2D eigenvalue weighted by Crippen LogP contribution is -2.62. The first-order chi connectivity index (χ1) is 8.15. The second-order valence-corrected chi connectivity index (χ2v) is 6.33. The molecule has 0 atom stereocenters. The summed E-state index contributed by atoms with van der Waals surface area (Å²) in [6.45, 7) is 10.7. The number of carbonyl (C=O) groups is 2. The maximum absolute atomic E-state index is 11.7. The molecule has 2 amide bonds. The van der Waals surface area contributed by atoms with E-state index in [0.29, 0.717) is 6.54 Å². The number of likely N-dealkylation sites (N-methyl/N-ethyl adjacent to an activating group) is 1. The molecule has 1 rings (SSSR count). The van der Waals surface area contributed by atoms with Crippen LogP contribution in [0.5, 0.6) is 0 Å². The molecule has 0 spiro atoms. The molecule has 0 radical (unpaired) electrons. The van der Waals surface area contributed by atoms with Crippen LogP contribution < -0.4 is 16.0 Å². The van der Waals surface area contributed by atoms with Gasteiger partial charge in [0.15, 0.2) is 0 Å². The Kier molecular flexibility index (Phi) is 4.37. The van der Waals surface area contributed by atoms with Crippen LogP contribution in [0.3, 0.4) is 0 Å². The predicted octanol–water partition coefficient (Wildman–Crippen LogP) is 0.548. The molecule has 1 aliphatic heterocycles. The van der Waals surface area contributed by atoms with Crippen molar-refractivity contribution in [1.82, 2.24) is 16.0 Å². The minimum Gasteiger partial charge on any atom is -0.348 e. The highest BCUT2D eigenvalue weighted by Gasteiger charge is 2.38. The van der Waals surface area contributed by atoms with Gasteiger partial charge in [-0.1, -0.05) is 0 Å². The zero-order valence-corrected chi connectivity index (χ0v) is 12.0. The first-order valence-electron chi connectivity index (χ1n) is 6.53. The van der Waals surface area contributed by atoms with Crippen molar-refractivity contribution in [3.05, 3.63) is 0 Å². The predicted molar refractivity (Wildman–Crippen MR) is 71.1 cm³/mol. The van der Waals surface area contributed by atoms with Crippen molar-refractivity contribution in [2.75, 3.05) is 6.54 Å². The van der Waals surface area contributed by atoms with Crippen LogP contribution in [0.1, 0.15) is 47.5 Å². The number of piperidine rings is 1. The van der Waals surface area contributed by atoms with Gasteiger partial charge in [-0.3, -0.25) is 9.59 Å². The van der Waals surface area contributed by atoms with Gasteiger partial charge >= 0.3 is 11.8 Å². The third-order valence-electron chi connectivity index (χ3n) is 3.07. The topological polar surface area (TPSA) is 70.2 Å². The van der Waals surface area contributed by atoms with Gasteiger partial charge in [-0.2, -0.15) is 0 Å². The second-order valence-electron chi connectivity index (χ2n) is 6.33. The van der Waals surface area contributed by atoms with Crippen molar-refractivity contribution in [2.45, 2.75) is 64.6 Å². The van der Waals surface area contributed by atoms with E-state index in [4.69, 9.17) is 0 Å². The van der Waals surface area contributed by atoms with Crippen molar-refractivity contribution in [3.8, 4) is 0 Å². The van der Waals surface area contributed by atoms with Gasteiger partial charge in [-0.25, -0.2) is 0 Å². The van der Waals surface area contributed by atoms with Gasteiger partial charge in [0, 0.05) is 23.7 Å². The van der Waals surface area contributed by atoms with Gasteiger partial charge in [-0.15, -0.1) is 0 Å². The SMILES string of the molecule is CCNC(=O)C(=O)NC1CC(C)(C)NC(C)(C)C1. The number of rotatable bonds is 2. The van der Waals surface area contributed by atoms with E-state index in [-0.39, 0.29) is 17.1 Å². The summed E-state index contributed by atoms with van der Waals surface area (Å²) in [5.41, 5.74) is -0.0815. The highest BCUT2D eigenvalue weighted by molar-refractivity contribution is 6.35. The first kappa shape index (κ1) is 15.0. The lowest BCUT2D eigenvalue weighted by atomic mass is 9.79. The van der Waals surface area contributed by atoms with Crippen molar-refractivity contribution in [1.29, 1.82) is 0 Å².